The van der Waals surface area contributed by atoms with Crippen LogP contribution in [-0.2, 0) is 5.54 Å². The summed E-state index contributed by atoms with van der Waals surface area (Å²) in [5, 5.41) is 6.67. The van der Waals surface area contributed by atoms with Gasteiger partial charge in [-0.05, 0) is 19.4 Å². The molecule has 22 heavy (non-hydrogen) atoms. The third-order valence-corrected chi connectivity index (χ3v) is 5.58. The predicted molar refractivity (Wildman–Crippen MR) is 87.0 cm³/mol. The number of amides is 1. The van der Waals surface area contributed by atoms with Gasteiger partial charge in [0.15, 0.2) is 0 Å². The summed E-state index contributed by atoms with van der Waals surface area (Å²) in [6.07, 6.45) is 7.32. The van der Waals surface area contributed by atoms with E-state index in [0.29, 0.717) is 4.88 Å². The van der Waals surface area contributed by atoms with Gasteiger partial charge >= 0.3 is 0 Å². The molecular weight excluding hydrogens is 318 g/mol. The van der Waals surface area contributed by atoms with Crippen LogP contribution in [0.5, 0.6) is 0 Å². The summed E-state index contributed by atoms with van der Waals surface area (Å²) in [4.78, 5) is 21.7. The Hall–Kier alpha value is -1.99. The zero-order chi connectivity index (χ0) is 15.6. The third-order valence-electron chi connectivity index (χ3n) is 3.50. The van der Waals surface area contributed by atoms with Crippen molar-refractivity contribution in [3.05, 3.63) is 46.3 Å². The maximum absolute atomic E-state index is 12.5. The van der Waals surface area contributed by atoms with E-state index in [4.69, 9.17) is 4.42 Å². The number of nitrogens with one attached hydrogen (secondary N) is 1. The van der Waals surface area contributed by atoms with Crippen LogP contribution in [0.1, 0.15) is 34.9 Å². The monoisotopic (exact) mass is 333 g/mol. The molecule has 5 nitrogen and oxygen atoms in total. The molecule has 3 rings (SSSR count). The first-order valence-corrected chi connectivity index (χ1v) is 8.53. The van der Waals surface area contributed by atoms with E-state index >= 15 is 0 Å². The van der Waals surface area contributed by atoms with Crippen LogP contribution >= 0.6 is 22.7 Å². The third kappa shape index (κ3) is 2.82. The summed E-state index contributed by atoms with van der Waals surface area (Å²) in [5.74, 6) is -0.133. The Labute approximate surface area is 136 Å². The molecule has 0 unspecified atom stereocenters. The van der Waals surface area contributed by atoms with E-state index in [2.05, 4.69) is 15.3 Å². The summed E-state index contributed by atoms with van der Waals surface area (Å²) < 4.78 is 5.04. The van der Waals surface area contributed by atoms with Crippen molar-refractivity contribution in [3.63, 3.8) is 0 Å². The van der Waals surface area contributed by atoms with Crippen molar-refractivity contribution in [2.24, 2.45) is 0 Å². The number of furan rings is 1. The van der Waals surface area contributed by atoms with Crippen LogP contribution in [0.4, 0.5) is 0 Å². The smallest absolute Gasteiger partial charge is 0.263 e. The summed E-state index contributed by atoms with van der Waals surface area (Å²) >= 11 is 2.89. The van der Waals surface area contributed by atoms with Crippen LogP contribution in [-0.4, -0.2) is 15.9 Å². The Balaban J connectivity index is 1.80. The van der Waals surface area contributed by atoms with Crippen LogP contribution in [0.2, 0.25) is 0 Å². The van der Waals surface area contributed by atoms with Crippen molar-refractivity contribution in [1.29, 1.82) is 0 Å². The van der Waals surface area contributed by atoms with Crippen LogP contribution in [0.25, 0.3) is 10.6 Å². The summed E-state index contributed by atoms with van der Waals surface area (Å²) in [7, 11) is 0. The molecule has 1 N–H and O–H groups in total. The van der Waals surface area contributed by atoms with Gasteiger partial charge in [-0.25, -0.2) is 9.97 Å². The minimum Gasteiger partial charge on any atom is -0.472 e. The molecule has 0 spiro atoms. The molecule has 3 aromatic rings. The van der Waals surface area contributed by atoms with E-state index in [9.17, 15) is 4.79 Å². The minimum absolute atomic E-state index is 0.133. The van der Waals surface area contributed by atoms with Crippen LogP contribution < -0.4 is 5.32 Å². The zero-order valence-electron chi connectivity index (χ0n) is 12.2. The molecule has 0 aliphatic carbocycles. The molecule has 114 valence electrons. The zero-order valence-corrected chi connectivity index (χ0v) is 13.8. The molecule has 0 saturated carbocycles. The first kappa shape index (κ1) is 14.9. The first-order valence-electron chi connectivity index (χ1n) is 6.83. The van der Waals surface area contributed by atoms with Gasteiger partial charge in [0.05, 0.1) is 18.0 Å². The van der Waals surface area contributed by atoms with E-state index in [-0.39, 0.29) is 5.91 Å². The van der Waals surface area contributed by atoms with Crippen LogP contribution in [0.3, 0.4) is 0 Å². The molecule has 0 fully saturated rings. The Bertz CT molecular complexity index is 750. The van der Waals surface area contributed by atoms with E-state index in [1.165, 1.54) is 11.3 Å². The molecule has 3 heterocycles. The van der Waals surface area contributed by atoms with Gasteiger partial charge in [0.2, 0.25) is 0 Å². The van der Waals surface area contributed by atoms with Gasteiger partial charge in [0.25, 0.3) is 5.91 Å². The maximum atomic E-state index is 12.5. The molecule has 0 saturated heterocycles. The van der Waals surface area contributed by atoms with Gasteiger partial charge < -0.3 is 9.73 Å². The highest BCUT2D eigenvalue weighted by atomic mass is 32.1. The van der Waals surface area contributed by atoms with Gasteiger partial charge in [-0.15, -0.1) is 22.7 Å². The van der Waals surface area contributed by atoms with Gasteiger partial charge in [-0.1, -0.05) is 6.92 Å². The Morgan fingerprint density at radius 2 is 2.32 bits per heavy atom. The second-order valence-corrected chi connectivity index (χ2v) is 6.94. The largest absolute Gasteiger partial charge is 0.472 e. The molecule has 7 heteroatoms. The Kier molecular flexibility index (Phi) is 4.08. The van der Waals surface area contributed by atoms with E-state index in [1.54, 1.807) is 36.3 Å². The fraction of sp³-hybridized carbons (Fsp3) is 0.267. The highest BCUT2D eigenvalue weighted by Crippen LogP contribution is 2.29. The van der Waals surface area contributed by atoms with Gasteiger partial charge in [-0.3, -0.25) is 4.79 Å². The number of rotatable bonds is 5. The summed E-state index contributed by atoms with van der Waals surface area (Å²) in [6, 6.07) is 1.83. The quantitative estimate of drug-likeness (QED) is 0.768. The summed E-state index contributed by atoms with van der Waals surface area (Å²) in [6.45, 7) is 4.02. The average molecular weight is 333 g/mol. The highest BCUT2D eigenvalue weighted by Gasteiger charge is 2.30. The highest BCUT2D eigenvalue weighted by molar-refractivity contribution is 7.16. The van der Waals surface area contributed by atoms with Crippen LogP contribution in [0.15, 0.2) is 40.8 Å². The van der Waals surface area contributed by atoms with Crippen LogP contribution in [0, 0.1) is 0 Å². The molecule has 0 radical (unpaired) electrons. The van der Waals surface area contributed by atoms with Gasteiger partial charge in [-0.2, -0.15) is 0 Å². The van der Waals surface area contributed by atoms with Crippen molar-refractivity contribution in [3.8, 4) is 10.6 Å². The number of carbonyl (C=O) groups excluding carboxylic acids is 1. The number of aromatic nitrogens is 2. The average Bonchev–Trinajstić information content (AvgIpc) is 3.27. The number of nitrogens with zero attached hydrogens (tertiary/aromatic N) is 2. The fourth-order valence-electron chi connectivity index (χ4n) is 2.00. The van der Waals surface area contributed by atoms with Crippen molar-refractivity contribution in [2.45, 2.75) is 25.8 Å². The molecular formula is C15H15N3O2S2. The lowest BCUT2D eigenvalue weighted by molar-refractivity contribution is 0.0906. The first-order chi connectivity index (χ1) is 10.6. The second kappa shape index (κ2) is 6.02. The Morgan fingerprint density at radius 1 is 1.45 bits per heavy atom. The van der Waals surface area contributed by atoms with Crippen molar-refractivity contribution >= 4 is 28.6 Å². The maximum Gasteiger partial charge on any atom is 0.263 e. The van der Waals surface area contributed by atoms with Gasteiger partial charge in [0.1, 0.15) is 21.2 Å². The lowest BCUT2D eigenvalue weighted by Crippen LogP contribution is -2.42. The predicted octanol–water partition coefficient (Wildman–Crippen LogP) is 3.91. The molecule has 1 amide bonds. The van der Waals surface area contributed by atoms with E-state index < -0.39 is 5.54 Å². The lowest BCUT2D eigenvalue weighted by atomic mass is 10.00. The molecule has 0 aromatic carbocycles. The van der Waals surface area contributed by atoms with Crippen molar-refractivity contribution in [2.75, 3.05) is 0 Å². The number of hydrogen-bond acceptors (Lipinski definition) is 6. The minimum atomic E-state index is -0.467. The van der Waals surface area contributed by atoms with E-state index in [0.717, 1.165) is 22.0 Å². The van der Waals surface area contributed by atoms with Crippen molar-refractivity contribution < 1.29 is 9.21 Å². The second-order valence-electron chi connectivity index (χ2n) is 5.02. The lowest BCUT2D eigenvalue weighted by Gasteiger charge is -2.27. The van der Waals surface area contributed by atoms with Crippen molar-refractivity contribution in [1.82, 2.24) is 15.3 Å². The summed E-state index contributed by atoms with van der Waals surface area (Å²) in [5.41, 5.74) is 0.410. The standard InChI is InChI=1S/C15H15N3O2S2/c1-3-15(2,14-16-5-7-21-14)18-12(19)11-8-17-13(22-11)10-4-6-20-9-10/h4-9H,3H2,1-2H3,(H,18,19)/t15-/m1/s1. The SMILES string of the molecule is CC[C@@](C)(NC(=O)c1cnc(-c2ccoc2)s1)c1nccs1. The molecule has 0 bridgehead atoms. The normalized spacial score (nSPS) is 13.7. The topological polar surface area (TPSA) is 68.0 Å². The fourth-order valence-corrected chi connectivity index (χ4v) is 3.62. The molecule has 1 atom stereocenters. The Morgan fingerprint density at radius 3 is 2.95 bits per heavy atom. The molecule has 0 aliphatic rings. The van der Waals surface area contributed by atoms with Gasteiger partial charge in [0, 0.05) is 17.1 Å². The molecule has 3 aromatic heterocycles. The molecule has 0 aliphatic heterocycles. The number of thiazole rings is 2. The van der Waals surface area contributed by atoms with E-state index in [1.807, 2.05) is 25.3 Å². The number of hydrogen-bond donors (Lipinski definition) is 1. The number of carbonyl (C=O) groups is 1.